The third-order valence-electron chi connectivity index (χ3n) is 6.45. The maximum atomic E-state index is 13.4. The van der Waals surface area contributed by atoms with Gasteiger partial charge in [0.15, 0.2) is 6.61 Å². The van der Waals surface area contributed by atoms with E-state index in [1.54, 1.807) is 24.3 Å². The van der Waals surface area contributed by atoms with Crippen molar-refractivity contribution in [3.05, 3.63) is 105 Å². The number of nitrogens with two attached hydrogens (primary N) is 1. The number of primary amides is 1. The summed E-state index contributed by atoms with van der Waals surface area (Å²) in [5.74, 6) is -1.67. The molecule has 4 aromatic rings. The summed E-state index contributed by atoms with van der Waals surface area (Å²) in [7, 11) is 0. The Morgan fingerprint density at radius 2 is 1.74 bits per heavy atom. The lowest BCUT2D eigenvalue weighted by molar-refractivity contribution is -0.119. The van der Waals surface area contributed by atoms with Crippen molar-refractivity contribution in [2.24, 2.45) is 5.73 Å². The zero-order valence-electron chi connectivity index (χ0n) is 20.7. The lowest BCUT2D eigenvalue weighted by Crippen LogP contribution is -2.22. The number of hydrogen-bond donors (Lipinski definition) is 2. The Bertz CT molecular complexity index is 1650. The predicted octanol–water partition coefficient (Wildman–Crippen LogP) is 6.31. The predicted molar refractivity (Wildman–Crippen MR) is 153 cm³/mol. The van der Waals surface area contributed by atoms with Crippen molar-refractivity contribution in [1.82, 2.24) is 4.98 Å². The van der Waals surface area contributed by atoms with Gasteiger partial charge < -0.3 is 15.8 Å². The van der Waals surface area contributed by atoms with Gasteiger partial charge in [-0.1, -0.05) is 47.5 Å². The number of fused-ring (bicyclic) bond motifs is 2. The van der Waals surface area contributed by atoms with Crippen LogP contribution < -0.4 is 11.1 Å². The van der Waals surface area contributed by atoms with E-state index in [1.165, 1.54) is 12.1 Å². The number of anilines is 1. The number of carbonyl (C=O) groups excluding carboxylic acids is 3. The number of allylic oxidation sites excluding steroid dienone is 1. The van der Waals surface area contributed by atoms with Crippen molar-refractivity contribution in [3.8, 4) is 0 Å². The Hall–Kier alpha value is -4.20. The second-order valence-electron chi connectivity index (χ2n) is 9.09. The van der Waals surface area contributed by atoms with E-state index in [-0.39, 0.29) is 0 Å². The van der Waals surface area contributed by atoms with Gasteiger partial charge in [0, 0.05) is 16.6 Å². The molecule has 0 atom stereocenters. The highest BCUT2D eigenvalue weighted by Gasteiger charge is 2.26. The van der Waals surface area contributed by atoms with Crippen molar-refractivity contribution in [2.75, 3.05) is 11.9 Å². The molecule has 0 bridgehead atoms. The Kier molecular flexibility index (Phi) is 7.63. The minimum Gasteiger partial charge on any atom is -0.452 e. The fourth-order valence-corrected chi connectivity index (χ4v) is 4.94. The van der Waals surface area contributed by atoms with Crippen LogP contribution in [-0.2, 0) is 16.0 Å². The van der Waals surface area contributed by atoms with Gasteiger partial charge in [0.1, 0.15) is 0 Å². The molecular weight excluding hydrogens is 537 g/mol. The van der Waals surface area contributed by atoms with Crippen molar-refractivity contribution >= 4 is 69.2 Å². The molecule has 2 amide bonds. The van der Waals surface area contributed by atoms with Gasteiger partial charge >= 0.3 is 5.97 Å². The molecule has 0 saturated carbocycles. The first-order valence-electron chi connectivity index (χ1n) is 12.2. The molecule has 3 N–H and O–H groups in total. The number of halogens is 2. The second-order valence-corrected chi connectivity index (χ2v) is 9.91. The van der Waals surface area contributed by atoms with E-state index in [4.69, 9.17) is 38.7 Å². The summed E-state index contributed by atoms with van der Waals surface area (Å²) in [6, 6.07) is 18.9. The van der Waals surface area contributed by atoms with Crippen LogP contribution in [0.1, 0.15) is 50.4 Å². The van der Waals surface area contributed by atoms with E-state index >= 15 is 0 Å². The summed E-state index contributed by atoms with van der Waals surface area (Å²) in [5, 5.41) is 4.25. The number of hydrogen-bond acceptors (Lipinski definition) is 5. The number of para-hydroxylation sites is 1. The van der Waals surface area contributed by atoms with E-state index in [1.807, 2.05) is 36.4 Å². The summed E-state index contributed by atoms with van der Waals surface area (Å²) in [5.41, 5.74) is 10.5. The summed E-state index contributed by atoms with van der Waals surface area (Å²) in [6.45, 7) is -0.478. The number of carbonyl (C=O) groups is 3. The molecule has 1 aliphatic rings. The molecular formula is C30H23Cl2N3O4. The minimum atomic E-state index is -0.597. The number of ether oxygens (including phenoxy) is 1. The monoisotopic (exact) mass is 559 g/mol. The Morgan fingerprint density at radius 1 is 0.974 bits per heavy atom. The molecule has 0 unspecified atom stereocenters. The van der Waals surface area contributed by atoms with E-state index < -0.39 is 24.4 Å². The molecule has 1 aliphatic carbocycles. The van der Waals surface area contributed by atoms with Crippen molar-refractivity contribution in [1.29, 1.82) is 0 Å². The molecule has 1 aromatic heterocycles. The number of amides is 2. The second kappa shape index (κ2) is 11.3. The molecule has 0 saturated heterocycles. The van der Waals surface area contributed by atoms with Crippen LogP contribution in [0.2, 0.25) is 10.0 Å². The van der Waals surface area contributed by atoms with Gasteiger partial charge in [-0.25, -0.2) is 9.78 Å². The highest BCUT2D eigenvalue weighted by molar-refractivity contribution is 6.42. The van der Waals surface area contributed by atoms with Gasteiger partial charge in [0.05, 0.1) is 26.8 Å². The quantitative estimate of drug-likeness (QED) is 0.269. The normalized spacial score (nSPS) is 13.6. The average molecular weight is 560 g/mol. The molecule has 1 heterocycles. The van der Waals surface area contributed by atoms with E-state index in [9.17, 15) is 14.4 Å². The minimum absolute atomic E-state index is 0.321. The SMILES string of the molecule is NC(=O)c1ccc(NC(=O)COC(=O)c2c3c(nc4ccccc24)/C(=C\c2ccc(Cl)c(Cl)c2)CCC3)cc1. The molecule has 0 spiro atoms. The van der Waals surface area contributed by atoms with Gasteiger partial charge in [0.2, 0.25) is 5.91 Å². The molecule has 196 valence electrons. The van der Waals surface area contributed by atoms with Gasteiger partial charge in [0.25, 0.3) is 5.91 Å². The number of esters is 1. The molecule has 9 heteroatoms. The lowest BCUT2D eigenvalue weighted by Gasteiger charge is -2.22. The van der Waals surface area contributed by atoms with E-state index in [0.717, 1.165) is 35.2 Å². The van der Waals surface area contributed by atoms with Crippen LogP contribution in [0.25, 0.3) is 22.6 Å². The lowest BCUT2D eigenvalue weighted by atomic mass is 9.86. The van der Waals surface area contributed by atoms with Crippen molar-refractivity contribution in [3.63, 3.8) is 0 Å². The first-order valence-corrected chi connectivity index (χ1v) is 13.0. The number of rotatable bonds is 6. The maximum absolute atomic E-state index is 13.4. The van der Waals surface area contributed by atoms with Crippen molar-refractivity contribution < 1.29 is 19.1 Å². The van der Waals surface area contributed by atoms with Gasteiger partial charge in [-0.3, -0.25) is 9.59 Å². The molecule has 5 rings (SSSR count). The molecule has 3 aromatic carbocycles. The highest BCUT2D eigenvalue weighted by atomic mass is 35.5. The molecule has 0 fully saturated rings. The first-order chi connectivity index (χ1) is 18.8. The fourth-order valence-electron chi connectivity index (χ4n) is 4.63. The van der Waals surface area contributed by atoms with Gasteiger partial charge in [-0.05, 0) is 84.5 Å². The average Bonchev–Trinajstić information content (AvgIpc) is 2.93. The standard InChI is InChI=1S/C30H23Cl2N3O4/c31-23-13-8-17(15-24(23)32)14-19-4-3-6-22-27(21-5-1-2-7-25(21)35-28(19)22)30(38)39-16-26(36)34-20-11-9-18(10-12-20)29(33)37/h1-2,5,7-15H,3-4,6,16H2,(H2,33,37)(H,34,36)/b19-14-. The number of nitrogens with one attached hydrogen (secondary N) is 1. The summed E-state index contributed by atoms with van der Waals surface area (Å²) < 4.78 is 5.48. The number of nitrogens with zero attached hydrogens (tertiary/aromatic N) is 1. The molecule has 0 aliphatic heterocycles. The molecule has 7 nitrogen and oxygen atoms in total. The van der Waals surface area contributed by atoms with Crippen LogP contribution in [0.3, 0.4) is 0 Å². The Labute approximate surface area is 234 Å². The Balaban J connectivity index is 1.42. The van der Waals surface area contributed by atoms with Crippen LogP contribution in [0.5, 0.6) is 0 Å². The number of pyridine rings is 1. The third kappa shape index (κ3) is 5.79. The highest BCUT2D eigenvalue weighted by Crippen LogP contribution is 2.37. The topological polar surface area (TPSA) is 111 Å². The number of aromatic nitrogens is 1. The summed E-state index contributed by atoms with van der Waals surface area (Å²) in [4.78, 5) is 42.1. The first kappa shape index (κ1) is 26.4. The van der Waals surface area contributed by atoms with E-state index in [0.29, 0.717) is 44.2 Å². The number of benzene rings is 3. The zero-order valence-corrected chi connectivity index (χ0v) is 22.2. The fraction of sp³-hybridized carbons (Fsp3) is 0.133. The maximum Gasteiger partial charge on any atom is 0.339 e. The van der Waals surface area contributed by atoms with Gasteiger partial charge in [-0.2, -0.15) is 0 Å². The van der Waals surface area contributed by atoms with Crippen LogP contribution in [0.15, 0.2) is 66.7 Å². The zero-order chi connectivity index (χ0) is 27.5. The largest absolute Gasteiger partial charge is 0.452 e. The third-order valence-corrected chi connectivity index (χ3v) is 7.19. The Morgan fingerprint density at radius 3 is 2.49 bits per heavy atom. The summed E-state index contributed by atoms with van der Waals surface area (Å²) in [6.07, 6.45) is 4.26. The van der Waals surface area contributed by atoms with Crippen LogP contribution in [-0.4, -0.2) is 29.4 Å². The van der Waals surface area contributed by atoms with Crippen LogP contribution in [0, 0.1) is 0 Å². The van der Waals surface area contributed by atoms with Crippen molar-refractivity contribution in [2.45, 2.75) is 19.3 Å². The molecule has 0 radical (unpaired) electrons. The smallest absolute Gasteiger partial charge is 0.339 e. The van der Waals surface area contributed by atoms with Crippen LogP contribution in [0.4, 0.5) is 5.69 Å². The van der Waals surface area contributed by atoms with Gasteiger partial charge in [-0.15, -0.1) is 0 Å². The van der Waals surface area contributed by atoms with Crippen LogP contribution >= 0.6 is 23.2 Å². The molecule has 39 heavy (non-hydrogen) atoms. The van der Waals surface area contributed by atoms with E-state index in [2.05, 4.69) is 5.32 Å². The summed E-state index contributed by atoms with van der Waals surface area (Å²) >= 11 is 12.3.